The number of benzene rings is 2. The first-order chi connectivity index (χ1) is 17.4. The lowest BCUT2D eigenvalue weighted by atomic mass is 10.1. The number of amides is 1. The monoisotopic (exact) mass is 492 g/mol. The summed E-state index contributed by atoms with van der Waals surface area (Å²) in [4.78, 5) is 24.6. The van der Waals surface area contributed by atoms with E-state index in [4.69, 9.17) is 18.9 Å². The Labute approximate surface area is 212 Å². The van der Waals surface area contributed by atoms with E-state index in [1.54, 1.807) is 36.4 Å². The molecule has 36 heavy (non-hydrogen) atoms. The molecule has 1 N–H and O–H groups in total. The highest BCUT2D eigenvalue weighted by Gasteiger charge is 2.12. The molecule has 0 aromatic heterocycles. The molecule has 0 radical (unpaired) electrons. The molecule has 0 atom stereocenters. The van der Waals surface area contributed by atoms with Gasteiger partial charge in [-0.2, -0.15) is 5.26 Å². The predicted molar refractivity (Wildman–Crippen MR) is 138 cm³/mol. The summed E-state index contributed by atoms with van der Waals surface area (Å²) >= 11 is 0. The van der Waals surface area contributed by atoms with Gasteiger partial charge in [-0.25, -0.2) is 4.79 Å². The second-order valence-electron chi connectivity index (χ2n) is 7.52. The molecule has 2 aromatic rings. The number of nitrogens with one attached hydrogen (secondary N) is 1. The topological polar surface area (TPSA) is 107 Å². The number of methoxy groups -OCH3 is 1. The zero-order valence-electron chi connectivity index (χ0n) is 21.1. The van der Waals surface area contributed by atoms with Gasteiger partial charge < -0.3 is 24.3 Å². The fourth-order valence-corrected chi connectivity index (χ4v) is 3.13. The normalized spacial score (nSPS) is 11.0. The highest BCUT2D eigenvalue weighted by Crippen LogP contribution is 2.30. The van der Waals surface area contributed by atoms with Gasteiger partial charge in [-0.1, -0.05) is 25.5 Å². The van der Waals surface area contributed by atoms with Crippen LogP contribution in [0.5, 0.6) is 23.0 Å². The predicted octanol–water partition coefficient (Wildman–Crippen LogP) is 4.93. The third-order valence-electron chi connectivity index (χ3n) is 4.87. The number of esters is 1. The molecule has 0 spiro atoms. The Bertz CT molecular complexity index is 1150. The standard InChI is InChI=1S/C28H32N2O6/c1-5-8-15-30-28(32)22(19-29)16-21-10-13-24(25(18-21)33-4)36-27(31)14-11-20-9-12-23(34-6-2)26(17-20)35-7-3/h9-14,16-18H,5-8,15H2,1-4H3,(H,30,32)/b14-11+,22-16+. The Balaban J connectivity index is 2.13. The number of ether oxygens (including phenoxy) is 4. The van der Waals surface area contributed by atoms with Crippen molar-refractivity contribution < 1.29 is 28.5 Å². The zero-order valence-corrected chi connectivity index (χ0v) is 21.1. The maximum Gasteiger partial charge on any atom is 0.336 e. The minimum absolute atomic E-state index is 0.0254. The number of rotatable bonds is 13. The Hall–Kier alpha value is -4.25. The van der Waals surface area contributed by atoms with Gasteiger partial charge in [-0.3, -0.25) is 4.79 Å². The van der Waals surface area contributed by atoms with E-state index in [0.717, 1.165) is 18.4 Å². The minimum atomic E-state index is -0.601. The molecule has 8 heteroatoms. The van der Waals surface area contributed by atoms with Gasteiger partial charge in [0, 0.05) is 12.6 Å². The van der Waals surface area contributed by atoms with Gasteiger partial charge in [-0.05, 0) is 67.8 Å². The molecule has 8 nitrogen and oxygen atoms in total. The SMILES string of the molecule is CCCCNC(=O)/C(C#N)=C/c1ccc(OC(=O)/C=C/c2ccc(OCC)c(OCC)c2)c(OC)c1. The van der Waals surface area contributed by atoms with Crippen LogP contribution in [0.25, 0.3) is 12.2 Å². The third-order valence-corrected chi connectivity index (χ3v) is 4.87. The van der Waals surface area contributed by atoms with Gasteiger partial charge in [0.15, 0.2) is 23.0 Å². The first kappa shape index (κ1) is 28.0. The van der Waals surface area contributed by atoms with Crippen LogP contribution in [0.15, 0.2) is 48.0 Å². The van der Waals surface area contributed by atoms with Crippen molar-refractivity contribution in [2.75, 3.05) is 26.9 Å². The highest BCUT2D eigenvalue weighted by molar-refractivity contribution is 6.01. The number of unbranched alkanes of at least 4 members (excludes halogenated alkanes) is 1. The average molecular weight is 493 g/mol. The molecular formula is C28H32N2O6. The van der Waals surface area contributed by atoms with Crippen molar-refractivity contribution in [3.05, 3.63) is 59.2 Å². The molecule has 0 saturated heterocycles. The Morgan fingerprint density at radius 2 is 1.61 bits per heavy atom. The average Bonchev–Trinajstić information content (AvgIpc) is 2.88. The zero-order chi connectivity index (χ0) is 26.3. The molecular weight excluding hydrogens is 460 g/mol. The Kier molecular flexibility index (Phi) is 11.6. The van der Waals surface area contributed by atoms with E-state index >= 15 is 0 Å². The van der Waals surface area contributed by atoms with Crippen molar-refractivity contribution in [2.24, 2.45) is 0 Å². The second-order valence-corrected chi connectivity index (χ2v) is 7.52. The van der Waals surface area contributed by atoms with Gasteiger partial charge in [0.05, 0.1) is 20.3 Å². The van der Waals surface area contributed by atoms with Crippen LogP contribution in [-0.2, 0) is 9.59 Å². The lowest BCUT2D eigenvalue weighted by Gasteiger charge is -2.11. The number of hydrogen-bond donors (Lipinski definition) is 1. The van der Waals surface area contributed by atoms with Crippen molar-refractivity contribution in [1.29, 1.82) is 5.26 Å². The van der Waals surface area contributed by atoms with Gasteiger partial charge in [0.2, 0.25) is 0 Å². The van der Waals surface area contributed by atoms with Gasteiger partial charge in [-0.15, -0.1) is 0 Å². The fourth-order valence-electron chi connectivity index (χ4n) is 3.13. The van der Waals surface area contributed by atoms with Gasteiger partial charge in [0.1, 0.15) is 11.6 Å². The summed E-state index contributed by atoms with van der Waals surface area (Å²) in [5, 5.41) is 12.1. The molecule has 0 bridgehead atoms. The maximum atomic E-state index is 12.4. The highest BCUT2D eigenvalue weighted by atomic mass is 16.6. The first-order valence-corrected chi connectivity index (χ1v) is 11.8. The molecule has 0 heterocycles. The summed E-state index contributed by atoms with van der Waals surface area (Å²) in [6.07, 6.45) is 6.14. The Morgan fingerprint density at radius 3 is 2.28 bits per heavy atom. The second kappa shape index (κ2) is 14.9. The summed E-state index contributed by atoms with van der Waals surface area (Å²) < 4.78 is 21.9. The molecule has 1 amide bonds. The molecule has 0 unspecified atom stereocenters. The molecule has 0 aliphatic carbocycles. The van der Waals surface area contributed by atoms with E-state index in [-0.39, 0.29) is 17.1 Å². The van der Waals surface area contributed by atoms with Crippen molar-refractivity contribution in [1.82, 2.24) is 5.32 Å². The van der Waals surface area contributed by atoms with Gasteiger partial charge in [0.25, 0.3) is 5.91 Å². The molecule has 2 rings (SSSR count). The summed E-state index contributed by atoms with van der Waals surface area (Å²) in [6.45, 7) is 7.30. The Morgan fingerprint density at radius 1 is 0.944 bits per heavy atom. The van der Waals surface area contributed by atoms with Crippen LogP contribution < -0.4 is 24.3 Å². The van der Waals surface area contributed by atoms with Crippen LogP contribution in [0.3, 0.4) is 0 Å². The van der Waals surface area contributed by atoms with Crippen molar-refractivity contribution in [3.63, 3.8) is 0 Å². The number of carbonyl (C=O) groups is 2. The quantitative estimate of drug-likeness (QED) is 0.139. The number of carbonyl (C=O) groups excluding carboxylic acids is 2. The fraction of sp³-hybridized carbons (Fsp3) is 0.321. The summed E-state index contributed by atoms with van der Waals surface area (Å²) in [5.41, 5.74) is 1.28. The first-order valence-electron chi connectivity index (χ1n) is 11.8. The number of nitriles is 1. The minimum Gasteiger partial charge on any atom is -0.493 e. The van der Waals surface area contributed by atoms with E-state index in [9.17, 15) is 14.9 Å². The summed E-state index contributed by atoms with van der Waals surface area (Å²) in [6, 6.07) is 12.1. The van der Waals surface area contributed by atoms with E-state index in [1.165, 1.54) is 19.3 Å². The number of hydrogen-bond acceptors (Lipinski definition) is 7. The smallest absolute Gasteiger partial charge is 0.336 e. The largest absolute Gasteiger partial charge is 0.493 e. The molecule has 0 aliphatic heterocycles. The maximum absolute atomic E-state index is 12.4. The van der Waals surface area contributed by atoms with Crippen LogP contribution in [0, 0.1) is 11.3 Å². The summed E-state index contributed by atoms with van der Waals surface area (Å²) in [5.74, 6) is 0.682. The van der Waals surface area contributed by atoms with E-state index in [0.29, 0.717) is 36.8 Å². The molecule has 190 valence electrons. The van der Waals surface area contributed by atoms with E-state index in [1.807, 2.05) is 32.9 Å². The summed E-state index contributed by atoms with van der Waals surface area (Å²) in [7, 11) is 1.44. The molecule has 2 aromatic carbocycles. The lowest BCUT2D eigenvalue weighted by Crippen LogP contribution is -2.25. The van der Waals surface area contributed by atoms with Crippen LogP contribution in [0.4, 0.5) is 0 Å². The van der Waals surface area contributed by atoms with Crippen molar-refractivity contribution in [3.8, 4) is 29.1 Å². The van der Waals surface area contributed by atoms with Crippen LogP contribution in [0.2, 0.25) is 0 Å². The van der Waals surface area contributed by atoms with E-state index in [2.05, 4.69) is 5.32 Å². The van der Waals surface area contributed by atoms with Crippen LogP contribution >= 0.6 is 0 Å². The van der Waals surface area contributed by atoms with Crippen LogP contribution in [0.1, 0.15) is 44.7 Å². The lowest BCUT2D eigenvalue weighted by molar-refractivity contribution is -0.129. The number of nitrogens with zero attached hydrogens (tertiary/aromatic N) is 1. The third kappa shape index (κ3) is 8.51. The molecule has 0 aliphatic rings. The molecule has 0 fully saturated rings. The molecule has 0 saturated carbocycles. The van der Waals surface area contributed by atoms with Crippen molar-refractivity contribution >= 4 is 24.0 Å². The van der Waals surface area contributed by atoms with Crippen molar-refractivity contribution in [2.45, 2.75) is 33.6 Å². The van der Waals surface area contributed by atoms with E-state index < -0.39 is 11.9 Å². The van der Waals surface area contributed by atoms with Crippen LogP contribution in [-0.4, -0.2) is 38.7 Å². The van der Waals surface area contributed by atoms with Gasteiger partial charge >= 0.3 is 5.97 Å².